The van der Waals surface area contributed by atoms with Crippen molar-refractivity contribution in [3.8, 4) is 0 Å². The lowest BCUT2D eigenvalue weighted by atomic mass is 10.1. The van der Waals surface area contributed by atoms with Crippen molar-refractivity contribution in [1.29, 1.82) is 0 Å². The molecule has 182 valence electrons. The predicted molar refractivity (Wildman–Crippen MR) is 139 cm³/mol. The lowest BCUT2D eigenvalue weighted by Crippen LogP contribution is -2.49. The number of benzene rings is 2. The van der Waals surface area contributed by atoms with Crippen LogP contribution in [-0.4, -0.2) is 67.1 Å². The van der Waals surface area contributed by atoms with Gasteiger partial charge in [-0.15, -0.1) is 16.4 Å². The van der Waals surface area contributed by atoms with Crippen LogP contribution in [0.1, 0.15) is 34.0 Å². The number of aromatic nitrogens is 5. The summed E-state index contributed by atoms with van der Waals surface area (Å²) in [4.78, 5) is 28.7. The van der Waals surface area contributed by atoms with Crippen molar-refractivity contribution in [2.45, 2.75) is 19.6 Å². The number of aliphatic hydroxyl groups is 1. The van der Waals surface area contributed by atoms with Crippen LogP contribution in [0.25, 0.3) is 21.3 Å². The fourth-order valence-corrected chi connectivity index (χ4v) is 5.59. The second-order valence-corrected chi connectivity index (χ2v) is 9.90. The quantitative estimate of drug-likeness (QED) is 0.395. The monoisotopic (exact) mass is 499 g/mol. The first-order chi connectivity index (χ1) is 17.6. The average Bonchev–Trinajstić information content (AvgIpc) is 3.56. The van der Waals surface area contributed by atoms with Crippen LogP contribution in [0.2, 0.25) is 0 Å². The number of anilines is 1. The number of fused-ring (bicyclic) bond motifs is 2. The summed E-state index contributed by atoms with van der Waals surface area (Å²) in [5, 5.41) is 20.3. The molecule has 1 unspecified atom stereocenters. The Hall–Kier alpha value is -3.89. The molecule has 0 bridgehead atoms. The molecule has 2 aromatic carbocycles. The minimum absolute atomic E-state index is 0.0521. The molecule has 4 heterocycles. The molecule has 0 aliphatic carbocycles. The van der Waals surface area contributed by atoms with Gasteiger partial charge in [-0.2, -0.15) is 0 Å². The summed E-state index contributed by atoms with van der Waals surface area (Å²) in [6, 6.07) is 16.8. The van der Waals surface area contributed by atoms with E-state index in [2.05, 4.69) is 38.2 Å². The number of rotatable bonds is 5. The van der Waals surface area contributed by atoms with Crippen molar-refractivity contribution in [3.05, 3.63) is 76.9 Å². The first-order valence-corrected chi connectivity index (χ1v) is 12.8. The van der Waals surface area contributed by atoms with E-state index in [9.17, 15) is 9.90 Å². The Morgan fingerprint density at radius 1 is 1.06 bits per heavy atom. The van der Waals surface area contributed by atoms with Crippen LogP contribution in [0, 0.1) is 0 Å². The predicted octanol–water partition coefficient (Wildman–Crippen LogP) is 3.50. The Balaban J connectivity index is 1.18. The molecule has 1 aliphatic rings. The van der Waals surface area contributed by atoms with Gasteiger partial charge in [0, 0.05) is 42.2 Å². The highest BCUT2D eigenvalue weighted by atomic mass is 32.1. The number of carbonyl (C=O) groups excluding carboxylic acids is 1. The number of carbonyl (C=O) groups is 1. The largest absolute Gasteiger partial charge is 0.368 e. The van der Waals surface area contributed by atoms with E-state index in [0.29, 0.717) is 42.8 Å². The summed E-state index contributed by atoms with van der Waals surface area (Å²) in [7, 11) is 0. The van der Waals surface area contributed by atoms with Gasteiger partial charge in [0.25, 0.3) is 5.91 Å². The van der Waals surface area contributed by atoms with Crippen LogP contribution in [0.4, 0.5) is 5.82 Å². The zero-order valence-corrected chi connectivity index (χ0v) is 20.6. The van der Waals surface area contributed by atoms with E-state index in [1.165, 1.54) is 9.56 Å². The first-order valence-electron chi connectivity index (χ1n) is 12.0. The van der Waals surface area contributed by atoms with E-state index in [1.807, 2.05) is 29.2 Å². The number of hydrogen-bond donors (Lipinski definition) is 1. The maximum absolute atomic E-state index is 13.3. The second-order valence-electron chi connectivity index (χ2n) is 8.78. The highest BCUT2D eigenvalue weighted by Gasteiger charge is 2.25. The summed E-state index contributed by atoms with van der Waals surface area (Å²) < 4.78 is 1.47. The highest BCUT2D eigenvalue weighted by Crippen LogP contribution is 2.31. The van der Waals surface area contributed by atoms with Gasteiger partial charge in [-0.25, -0.2) is 14.6 Å². The highest BCUT2D eigenvalue weighted by molar-refractivity contribution is 7.18. The smallest absolute Gasteiger partial charge is 0.253 e. The van der Waals surface area contributed by atoms with Gasteiger partial charge in [-0.3, -0.25) is 4.79 Å². The van der Waals surface area contributed by atoms with Crippen LogP contribution in [0.3, 0.4) is 0 Å². The van der Waals surface area contributed by atoms with E-state index < -0.39 is 6.23 Å². The average molecular weight is 500 g/mol. The minimum atomic E-state index is -1.04. The van der Waals surface area contributed by atoms with Crippen molar-refractivity contribution in [2.75, 3.05) is 31.1 Å². The molecule has 1 amide bonds. The van der Waals surface area contributed by atoms with Crippen LogP contribution in [0.15, 0.2) is 60.9 Å². The van der Waals surface area contributed by atoms with Crippen LogP contribution < -0.4 is 4.90 Å². The van der Waals surface area contributed by atoms with Crippen molar-refractivity contribution in [1.82, 2.24) is 29.9 Å². The van der Waals surface area contributed by atoms with E-state index >= 15 is 0 Å². The molecule has 9 nitrogen and oxygen atoms in total. The molecule has 6 rings (SSSR count). The summed E-state index contributed by atoms with van der Waals surface area (Å²) in [5.74, 6) is 0.886. The molecule has 1 atom stereocenters. The Morgan fingerprint density at radius 3 is 2.72 bits per heavy atom. The first kappa shape index (κ1) is 22.6. The number of nitrogens with zero attached hydrogens (tertiary/aromatic N) is 7. The van der Waals surface area contributed by atoms with E-state index in [1.54, 1.807) is 41.9 Å². The third kappa shape index (κ3) is 3.98. The van der Waals surface area contributed by atoms with Gasteiger partial charge in [0.15, 0.2) is 6.23 Å². The molecule has 10 heteroatoms. The van der Waals surface area contributed by atoms with Crippen LogP contribution in [0.5, 0.6) is 0 Å². The lowest BCUT2D eigenvalue weighted by Gasteiger charge is -2.35. The van der Waals surface area contributed by atoms with Crippen LogP contribution in [-0.2, 0) is 6.42 Å². The fourth-order valence-electron chi connectivity index (χ4n) is 4.66. The molecule has 0 radical (unpaired) electrons. The maximum atomic E-state index is 13.3. The Bertz CT molecular complexity index is 1550. The SMILES string of the molecule is CCc1cc2c(N3CCN(C(=O)c4cccc(C(O)n5nnc6ccccc65)c4)CC3)ncnc2s1. The zero-order valence-electron chi connectivity index (χ0n) is 19.8. The lowest BCUT2D eigenvalue weighted by molar-refractivity contribution is 0.0746. The standard InChI is InChI=1S/C26H25N7O2S/c1-2-19-15-20-23(27-16-28-24(20)36-19)31-10-12-32(13-11-31)25(34)17-6-5-7-18(14-17)26(35)33-22-9-4-3-8-21(22)29-30-33/h3-9,14-16,26,35H,2,10-13H2,1H3. The molecule has 1 fully saturated rings. The molecular formula is C26H25N7O2S. The molecule has 1 saturated heterocycles. The van der Waals surface area contributed by atoms with Gasteiger partial charge < -0.3 is 14.9 Å². The molecular weight excluding hydrogens is 474 g/mol. The molecule has 0 spiro atoms. The topological polar surface area (TPSA) is 100 Å². The number of piperazine rings is 1. The number of amides is 1. The van der Waals surface area contributed by atoms with Crippen molar-refractivity contribution in [3.63, 3.8) is 0 Å². The van der Waals surface area contributed by atoms with Crippen molar-refractivity contribution in [2.24, 2.45) is 0 Å². The summed E-state index contributed by atoms with van der Waals surface area (Å²) in [5.41, 5.74) is 2.56. The Kier molecular flexibility index (Phi) is 5.82. The molecule has 36 heavy (non-hydrogen) atoms. The Labute approximate surface area is 211 Å². The van der Waals surface area contributed by atoms with E-state index in [4.69, 9.17) is 0 Å². The van der Waals surface area contributed by atoms with E-state index in [0.717, 1.165) is 28.0 Å². The van der Waals surface area contributed by atoms with Crippen LogP contribution >= 0.6 is 11.3 Å². The molecule has 3 aromatic heterocycles. The number of para-hydroxylation sites is 1. The molecule has 5 aromatic rings. The molecule has 0 saturated carbocycles. The normalized spacial score (nSPS) is 15.1. The van der Waals surface area contributed by atoms with Gasteiger partial charge in [-0.1, -0.05) is 36.4 Å². The third-order valence-corrected chi connectivity index (χ3v) is 7.80. The Morgan fingerprint density at radius 2 is 1.89 bits per heavy atom. The van der Waals surface area contributed by atoms with Gasteiger partial charge in [0.1, 0.15) is 22.5 Å². The molecule has 1 N–H and O–H groups in total. The second kappa shape index (κ2) is 9.29. The van der Waals surface area contributed by atoms with Gasteiger partial charge in [-0.05, 0) is 36.8 Å². The van der Waals surface area contributed by atoms with Gasteiger partial charge in [0.05, 0.1) is 10.9 Å². The summed E-state index contributed by atoms with van der Waals surface area (Å²) >= 11 is 1.71. The number of thiophene rings is 1. The number of aliphatic hydroxyl groups excluding tert-OH is 1. The van der Waals surface area contributed by atoms with Gasteiger partial charge >= 0.3 is 0 Å². The number of hydrogen-bond acceptors (Lipinski definition) is 8. The zero-order chi connectivity index (χ0) is 24.6. The minimum Gasteiger partial charge on any atom is -0.368 e. The van der Waals surface area contributed by atoms with Crippen molar-refractivity contribution >= 4 is 44.3 Å². The third-order valence-electron chi connectivity index (χ3n) is 6.62. The van der Waals surface area contributed by atoms with Crippen molar-refractivity contribution < 1.29 is 9.90 Å². The van der Waals surface area contributed by atoms with Gasteiger partial charge in [0.2, 0.25) is 0 Å². The molecule has 1 aliphatic heterocycles. The summed E-state index contributed by atoms with van der Waals surface area (Å²) in [6.07, 6.45) is 1.56. The summed E-state index contributed by atoms with van der Waals surface area (Å²) in [6.45, 7) is 4.72. The van der Waals surface area contributed by atoms with E-state index in [-0.39, 0.29) is 5.91 Å². The number of aryl methyl sites for hydroxylation is 1. The fraction of sp³-hybridized carbons (Fsp3) is 0.269. The maximum Gasteiger partial charge on any atom is 0.253 e.